The van der Waals surface area contributed by atoms with Gasteiger partial charge in [-0.2, -0.15) is 0 Å². The molecule has 21 heavy (non-hydrogen) atoms. The standard InChI is InChI=1S/C16H14BrClN2O/c1-2-21-14-5-3-4-13-16(14)19-15(10-18)20(13)12-8-6-11(17)7-9-12/h3-9H,2,10H2,1H3. The van der Waals surface area contributed by atoms with Crippen molar-refractivity contribution in [2.24, 2.45) is 0 Å². The van der Waals surface area contributed by atoms with Crippen molar-refractivity contribution in [1.82, 2.24) is 9.55 Å². The molecule has 0 N–H and O–H groups in total. The number of imidazole rings is 1. The quantitative estimate of drug-likeness (QED) is 0.613. The van der Waals surface area contributed by atoms with E-state index in [2.05, 4.69) is 25.5 Å². The highest BCUT2D eigenvalue weighted by Gasteiger charge is 2.14. The van der Waals surface area contributed by atoms with Gasteiger partial charge in [0.15, 0.2) is 0 Å². The predicted molar refractivity (Wildman–Crippen MR) is 89.5 cm³/mol. The Kier molecular flexibility index (Phi) is 4.17. The third kappa shape index (κ3) is 2.65. The molecule has 0 atom stereocenters. The molecule has 108 valence electrons. The first kappa shape index (κ1) is 14.4. The molecular weight excluding hydrogens is 352 g/mol. The van der Waals surface area contributed by atoms with Crippen molar-refractivity contribution >= 4 is 38.6 Å². The van der Waals surface area contributed by atoms with Crippen molar-refractivity contribution in [3.05, 3.63) is 52.8 Å². The van der Waals surface area contributed by atoms with Crippen LogP contribution in [0, 0.1) is 0 Å². The van der Waals surface area contributed by atoms with E-state index in [0.717, 1.165) is 32.8 Å². The number of hydrogen-bond donors (Lipinski definition) is 0. The lowest BCUT2D eigenvalue weighted by molar-refractivity contribution is 0.343. The van der Waals surface area contributed by atoms with Gasteiger partial charge in [0.2, 0.25) is 0 Å². The van der Waals surface area contributed by atoms with Crippen molar-refractivity contribution in [3.63, 3.8) is 0 Å². The molecule has 5 heteroatoms. The van der Waals surface area contributed by atoms with Crippen LogP contribution >= 0.6 is 27.5 Å². The summed E-state index contributed by atoms with van der Waals surface area (Å²) < 4.78 is 8.77. The zero-order valence-electron chi connectivity index (χ0n) is 11.5. The molecule has 3 nitrogen and oxygen atoms in total. The second kappa shape index (κ2) is 6.08. The van der Waals surface area contributed by atoms with Gasteiger partial charge in [0, 0.05) is 10.2 Å². The van der Waals surface area contributed by atoms with E-state index in [1.807, 2.05) is 49.4 Å². The first-order valence-electron chi connectivity index (χ1n) is 6.69. The molecule has 0 bridgehead atoms. The minimum Gasteiger partial charge on any atom is -0.492 e. The summed E-state index contributed by atoms with van der Waals surface area (Å²) in [6, 6.07) is 14.0. The van der Waals surface area contributed by atoms with E-state index in [4.69, 9.17) is 16.3 Å². The van der Waals surface area contributed by atoms with E-state index in [-0.39, 0.29) is 0 Å². The Morgan fingerprint density at radius 2 is 1.95 bits per heavy atom. The Bertz CT molecular complexity index is 768. The van der Waals surface area contributed by atoms with Crippen molar-refractivity contribution in [2.45, 2.75) is 12.8 Å². The molecule has 0 saturated carbocycles. The van der Waals surface area contributed by atoms with E-state index >= 15 is 0 Å². The van der Waals surface area contributed by atoms with E-state index in [1.54, 1.807) is 0 Å². The summed E-state index contributed by atoms with van der Waals surface area (Å²) in [4.78, 5) is 4.64. The maximum atomic E-state index is 6.08. The van der Waals surface area contributed by atoms with Crippen LogP contribution in [0.1, 0.15) is 12.7 Å². The Morgan fingerprint density at radius 1 is 1.19 bits per heavy atom. The second-order valence-electron chi connectivity index (χ2n) is 4.53. The van der Waals surface area contributed by atoms with Gasteiger partial charge in [0.25, 0.3) is 0 Å². The number of benzene rings is 2. The maximum Gasteiger partial charge on any atom is 0.147 e. The second-order valence-corrected chi connectivity index (χ2v) is 5.71. The van der Waals surface area contributed by atoms with Crippen molar-refractivity contribution in [2.75, 3.05) is 6.61 Å². The van der Waals surface area contributed by atoms with E-state index in [0.29, 0.717) is 12.5 Å². The molecule has 0 amide bonds. The minimum atomic E-state index is 0.344. The number of alkyl halides is 1. The lowest BCUT2D eigenvalue weighted by Crippen LogP contribution is -1.98. The largest absolute Gasteiger partial charge is 0.492 e. The van der Waals surface area contributed by atoms with Gasteiger partial charge in [0.1, 0.15) is 17.1 Å². The first-order valence-corrected chi connectivity index (χ1v) is 8.02. The molecule has 0 aliphatic carbocycles. The monoisotopic (exact) mass is 364 g/mol. The molecule has 0 radical (unpaired) electrons. The summed E-state index contributed by atoms with van der Waals surface area (Å²) >= 11 is 9.54. The number of nitrogens with zero attached hydrogens (tertiary/aromatic N) is 2. The molecule has 2 aromatic carbocycles. The summed E-state index contributed by atoms with van der Waals surface area (Å²) in [6.45, 7) is 2.58. The summed E-state index contributed by atoms with van der Waals surface area (Å²) in [5.74, 6) is 1.94. The number of ether oxygens (including phenoxy) is 1. The van der Waals surface area contributed by atoms with Crippen LogP contribution in [-0.2, 0) is 5.88 Å². The average molecular weight is 366 g/mol. The third-order valence-electron chi connectivity index (χ3n) is 3.22. The lowest BCUT2D eigenvalue weighted by atomic mass is 10.2. The van der Waals surface area contributed by atoms with Gasteiger partial charge in [-0.15, -0.1) is 11.6 Å². The van der Waals surface area contributed by atoms with Gasteiger partial charge in [0.05, 0.1) is 18.0 Å². The fraction of sp³-hybridized carbons (Fsp3) is 0.188. The molecule has 3 aromatic rings. The molecule has 0 aliphatic heterocycles. The zero-order valence-corrected chi connectivity index (χ0v) is 13.9. The molecule has 0 fully saturated rings. The number of hydrogen-bond acceptors (Lipinski definition) is 2. The normalized spacial score (nSPS) is 11.0. The van der Waals surface area contributed by atoms with Crippen LogP contribution in [0.3, 0.4) is 0 Å². The van der Waals surface area contributed by atoms with Gasteiger partial charge >= 0.3 is 0 Å². The van der Waals surface area contributed by atoms with Crippen LogP contribution in [0.15, 0.2) is 46.9 Å². The number of halogens is 2. The third-order valence-corrected chi connectivity index (χ3v) is 3.99. The Labute approximate surface area is 136 Å². The molecule has 0 aliphatic rings. The molecule has 0 spiro atoms. The number of aromatic nitrogens is 2. The Hall–Kier alpha value is -1.52. The molecule has 3 rings (SSSR count). The fourth-order valence-corrected chi connectivity index (χ4v) is 2.81. The topological polar surface area (TPSA) is 27.1 Å². The highest BCUT2D eigenvalue weighted by Crippen LogP contribution is 2.29. The highest BCUT2D eigenvalue weighted by molar-refractivity contribution is 9.10. The van der Waals surface area contributed by atoms with Gasteiger partial charge in [-0.1, -0.05) is 22.0 Å². The first-order chi connectivity index (χ1) is 10.2. The average Bonchev–Trinajstić information content (AvgIpc) is 2.88. The maximum absolute atomic E-state index is 6.08. The van der Waals surface area contributed by atoms with Gasteiger partial charge < -0.3 is 4.74 Å². The van der Waals surface area contributed by atoms with Crippen LogP contribution in [-0.4, -0.2) is 16.2 Å². The minimum absolute atomic E-state index is 0.344. The molecule has 1 heterocycles. The van der Waals surface area contributed by atoms with Crippen LogP contribution in [0.2, 0.25) is 0 Å². The Balaban J connectivity index is 2.25. The lowest BCUT2D eigenvalue weighted by Gasteiger charge is -2.08. The van der Waals surface area contributed by atoms with E-state index in [9.17, 15) is 0 Å². The summed E-state index contributed by atoms with van der Waals surface area (Å²) in [7, 11) is 0. The van der Waals surface area contributed by atoms with Crippen molar-refractivity contribution < 1.29 is 4.74 Å². The van der Waals surface area contributed by atoms with E-state index < -0.39 is 0 Å². The fourth-order valence-electron chi connectivity index (χ4n) is 2.36. The number of fused-ring (bicyclic) bond motifs is 1. The molecule has 1 aromatic heterocycles. The zero-order chi connectivity index (χ0) is 14.8. The Morgan fingerprint density at radius 3 is 2.62 bits per heavy atom. The molecule has 0 unspecified atom stereocenters. The van der Waals surface area contributed by atoms with Crippen LogP contribution in [0.4, 0.5) is 0 Å². The van der Waals surface area contributed by atoms with Crippen LogP contribution < -0.4 is 4.74 Å². The summed E-state index contributed by atoms with van der Waals surface area (Å²) in [5.41, 5.74) is 2.88. The number of para-hydroxylation sites is 1. The summed E-state index contributed by atoms with van der Waals surface area (Å²) in [6.07, 6.45) is 0. The predicted octanol–water partition coefficient (Wildman–Crippen LogP) is 4.93. The van der Waals surface area contributed by atoms with Gasteiger partial charge in [-0.3, -0.25) is 4.57 Å². The van der Waals surface area contributed by atoms with Gasteiger partial charge in [-0.05, 0) is 43.3 Å². The van der Waals surface area contributed by atoms with Crippen molar-refractivity contribution in [1.29, 1.82) is 0 Å². The molecular formula is C16H14BrClN2O. The van der Waals surface area contributed by atoms with Crippen LogP contribution in [0.5, 0.6) is 5.75 Å². The van der Waals surface area contributed by atoms with Crippen LogP contribution in [0.25, 0.3) is 16.7 Å². The highest BCUT2D eigenvalue weighted by atomic mass is 79.9. The number of rotatable bonds is 4. The summed E-state index contributed by atoms with van der Waals surface area (Å²) in [5, 5.41) is 0. The molecule has 0 saturated heterocycles. The SMILES string of the molecule is CCOc1cccc2c1nc(CCl)n2-c1ccc(Br)cc1. The van der Waals surface area contributed by atoms with Crippen molar-refractivity contribution in [3.8, 4) is 11.4 Å². The smallest absolute Gasteiger partial charge is 0.147 e. The van der Waals surface area contributed by atoms with E-state index in [1.165, 1.54) is 0 Å². The van der Waals surface area contributed by atoms with Gasteiger partial charge in [-0.25, -0.2) is 4.98 Å².